The maximum absolute atomic E-state index is 6.32. The van der Waals surface area contributed by atoms with Crippen LogP contribution in [-0.2, 0) is 24.1 Å². The van der Waals surface area contributed by atoms with E-state index in [0.717, 1.165) is 44.8 Å². The molecule has 0 bridgehead atoms. The van der Waals surface area contributed by atoms with Crippen LogP contribution in [0.15, 0.2) is 6.07 Å². The molecular weight excluding hydrogens is 240 g/mol. The Hall–Kier alpha value is -0.910. The van der Waals surface area contributed by atoms with Gasteiger partial charge in [0, 0.05) is 37.8 Å². The summed E-state index contributed by atoms with van der Waals surface area (Å²) >= 11 is 0. The minimum atomic E-state index is 0.0365. The summed E-state index contributed by atoms with van der Waals surface area (Å²) in [6, 6.07) is 2.21. The smallest absolute Gasteiger partial charge is 0.0856 e. The van der Waals surface area contributed by atoms with Crippen LogP contribution >= 0.6 is 0 Å². The summed E-state index contributed by atoms with van der Waals surface area (Å²) in [6.45, 7) is 7.84. The fraction of sp³-hybridized carbons (Fsp3) is 0.786. The number of rotatable bonds is 5. The maximum Gasteiger partial charge on any atom is 0.0856 e. The maximum atomic E-state index is 6.32. The van der Waals surface area contributed by atoms with E-state index in [9.17, 15) is 0 Å². The Labute approximate surface area is 115 Å². The van der Waals surface area contributed by atoms with Crippen molar-refractivity contribution in [3.8, 4) is 0 Å². The van der Waals surface area contributed by atoms with Crippen molar-refractivity contribution in [1.82, 2.24) is 14.7 Å². The molecule has 0 aliphatic carbocycles. The van der Waals surface area contributed by atoms with Crippen LogP contribution in [0.3, 0.4) is 0 Å². The van der Waals surface area contributed by atoms with Gasteiger partial charge in [-0.2, -0.15) is 5.10 Å². The minimum absolute atomic E-state index is 0.0365. The van der Waals surface area contributed by atoms with Crippen LogP contribution in [0.25, 0.3) is 0 Å². The summed E-state index contributed by atoms with van der Waals surface area (Å²) in [6.07, 6.45) is 1.93. The summed E-state index contributed by atoms with van der Waals surface area (Å²) in [4.78, 5) is 2.28. The number of morpholine rings is 1. The first-order chi connectivity index (χ1) is 9.13. The van der Waals surface area contributed by atoms with Crippen molar-refractivity contribution in [1.29, 1.82) is 0 Å². The van der Waals surface area contributed by atoms with E-state index in [0.29, 0.717) is 0 Å². The lowest BCUT2D eigenvalue weighted by molar-refractivity contribution is -0.0321. The number of aryl methyl sites for hydroxylation is 2. The zero-order chi connectivity index (χ0) is 13.8. The Kier molecular flexibility index (Phi) is 4.96. The van der Waals surface area contributed by atoms with Crippen molar-refractivity contribution in [2.45, 2.75) is 45.4 Å². The van der Waals surface area contributed by atoms with Gasteiger partial charge in [0.1, 0.15) is 0 Å². The number of nitrogens with zero attached hydrogens (tertiary/aromatic N) is 3. The van der Waals surface area contributed by atoms with E-state index in [2.05, 4.69) is 41.6 Å². The van der Waals surface area contributed by atoms with Gasteiger partial charge in [-0.25, -0.2) is 0 Å². The van der Waals surface area contributed by atoms with Crippen LogP contribution < -0.4 is 5.73 Å². The van der Waals surface area contributed by atoms with Gasteiger partial charge >= 0.3 is 0 Å². The normalized spacial score (nSPS) is 22.6. The lowest BCUT2D eigenvalue weighted by Gasteiger charge is -2.33. The zero-order valence-electron chi connectivity index (χ0n) is 12.3. The first kappa shape index (κ1) is 14.5. The highest BCUT2D eigenvalue weighted by Crippen LogP contribution is 2.13. The average Bonchev–Trinajstić information content (AvgIpc) is 2.81. The molecule has 1 fully saturated rings. The predicted molar refractivity (Wildman–Crippen MR) is 76.2 cm³/mol. The Balaban J connectivity index is 2.01. The molecule has 5 heteroatoms. The Morgan fingerprint density at radius 3 is 2.95 bits per heavy atom. The van der Waals surface area contributed by atoms with Crippen molar-refractivity contribution in [2.75, 3.05) is 26.7 Å². The van der Waals surface area contributed by atoms with Crippen molar-refractivity contribution in [3.05, 3.63) is 17.5 Å². The summed E-state index contributed by atoms with van der Waals surface area (Å²) in [7, 11) is 2.12. The molecule has 0 aromatic carbocycles. The number of likely N-dealkylation sites (N-methyl/N-ethyl adjacent to an activating group) is 1. The van der Waals surface area contributed by atoms with E-state index in [1.807, 2.05) is 0 Å². The lowest BCUT2D eigenvalue weighted by atomic mass is 10.0. The highest BCUT2D eigenvalue weighted by atomic mass is 16.5. The molecule has 0 spiro atoms. The van der Waals surface area contributed by atoms with Crippen LogP contribution in [0.5, 0.6) is 0 Å². The van der Waals surface area contributed by atoms with Gasteiger partial charge in [0.25, 0.3) is 0 Å². The molecule has 1 aliphatic heterocycles. The summed E-state index contributed by atoms with van der Waals surface area (Å²) in [5.74, 6) is 0. The van der Waals surface area contributed by atoms with Crippen LogP contribution in [0.1, 0.15) is 25.2 Å². The van der Waals surface area contributed by atoms with E-state index in [1.54, 1.807) is 0 Å². The SMILES string of the molecule is CCc1cc(CC(N)C2CN(C)CCO2)n(CC)n1. The number of nitrogens with two attached hydrogens (primary N) is 1. The van der Waals surface area contributed by atoms with Crippen LogP contribution in [-0.4, -0.2) is 53.6 Å². The molecule has 108 valence electrons. The number of hydrogen-bond acceptors (Lipinski definition) is 4. The number of aromatic nitrogens is 2. The van der Waals surface area contributed by atoms with Gasteiger partial charge in [0.05, 0.1) is 18.4 Å². The highest BCUT2D eigenvalue weighted by Gasteiger charge is 2.25. The van der Waals surface area contributed by atoms with E-state index >= 15 is 0 Å². The summed E-state index contributed by atoms with van der Waals surface area (Å²) < 4.78 is 7.85. The second kappa shape index (κ2) is 6.50. The second-order valence-corrected chi connectivity index (χ2v) is 5.34. The Morgan fingerprint density at radius 2 is 2.32 bits per heavy atom. The van der Waals surface area contributed by atoms with Crippen LogP contribution in [0, 0.1) is 0 Å². The monoisotopic (exact) mass is 266 g/mol. The summed E-state index contributed by atoms with van der Waals surface area (Å²) in [5, 5.41) is 4.57. The third-order valence-corrected chi connectivity index (χ3v) is 3.79. The first-order valence-electron chi connectivity index (χ1n) is 7.25. The third-order valence-electron chi connectivity index (χ3n) is 3.79. The first-order valence-corrected chi connectivity index (χ1v) is 7.25. The van der Waals surface area contributed by atoms with Gasteiger partial charge in [-0.1, -0.05) is 6.92 Å². The molecule has 5 nitrogen and oxygen atoms in total. The van der Waals surface area contributed by atoms with Gasteiger partial charge in [0.15, 0.2) is 0 Å². The molecule has 0 saturated carbocycles. The minimum Gasteiger partial charge on any atom is -0.374 e. The Morgan fingerprint density at radius 1 is 1.53 bits per heavy atom. The number of ether oxygens (including phenoxy) is 1. The molecule has 2 heterocycles. The largest absolute Gasteiger partial charge is 0.374 e. The van der Waals surface area contributed by atoms with Crippen molar-refractivity contribution < 1.29 is 4.74 Å². The van der Waals surface area contributed by atoms with Crippen molar-refractivity contribution >= 4 is 0 Å². The van der Waals surface area contributed by atoms with Gasteiger partial charge in [-0.3, -0.25) is 4.68 Å². The third kappa shape index (κ3) is 3.55. The molecule has 1 aromatic rings. The van der Waals surface area contributed by atoms with Crippen molar-refractivity contribution in [2.24, 2.45) is 5.73 Å². The van der Waals surface area contributed by atoms with Gasteiger partial charge in [0.2, 0.25) is 0 Å². The lowest BCUT2D eigenvalue weighted by Crippen LogP contribution is -2.50. The van der Waals surface area contributed by atoms with Gasteiger partial charge in [-0.05, 0) is 26.5 Å². The summed E-state index contributed by atoms with van der Waals surface area (Å²) in [5.41, 5.74) is 8.69. The van der Waals surface area contributed by atoms with E-state index in [-0.39, 0.29) is 12.1 Å². The van der Waals surface area contributed by atoms with E-state index < -0.39 is 0 Å². The van der Waals surface area contributed by atoms with E-state index in [1.165, 1.54) is 5.69 Å². The molecule has 0 radical (unpaired) electrons. The van der Waals surface area contributed by atoms with Gasteiger partial charge in [-0.15, -0.1) is 0 Å². The fourth-order valence-corrected chi connectivity index (χ4v) is 2.57. The molecule has 2 rings (SSSR count). The molecule has 2 N–H and O–H groups in total. The predicted octanol–water partition coefficient (Wildman–Crippen LogP) is 0.666. The fourth-order valence-electron chi connectivity index (χ4n) is 2.57. The molecule has 2 atom stereocenters. The topological polar surface area (TPSA) is 56.3 Å². The molecular formula is C14H26N4O. The Bertz CT molecular complexity index is 404. The number of hydrogen-bond donors (Lipinski definition) is 1. The standard InChI is InChI=1S/C14H26N4O/c1-4-11-8-12(18(5-2)16-11)9-13(15)14-10-17(3)6-7-19-14/h8,13-14H,4-7,9-10,15H2,1-3H3. The van der Waals surface area contributed by atoms with Crippen LogP contribution in [0.4, 0.5) is 0 Å². The van der Waals surface area contributed by atoms with Crippen LogP contribution in [0.2, 0.25) is 0 Å². The zero-order valence-corrected chi connectivity index (χ0v) is 12.3. The van der Waals surface area contributed by atoms with E-state index in [4.69, 9.17) is 10.5 Å². The molecule has 1 saturated heterocycles. The molecule has 0 amide bonds. The molecule has 1 aromatic heterocycles. The van der Waals surface area contributed by atoms with Gasteiger partial charge < -0.3 is 15.4 Å². The second-order valence-electron chi connectivity index (χ2n) is 5.34. The quantitative estimate of drug-likeness (QED) is 0.851. The average molecular weight is 266 g/mol. The molecule has 2 unspecified atom stereocenters. The highest BCUT2D eigenvalue weighted by molar-refractivity contribution is 5.12. The van der Waals surface area contributed by atoms with Crippen molar-refractivity contribution in [3.63, 3.8) is 0 Å². The molecule has 1 aliphatic rings. The molecule has 19 heavy (non-hydrogen) atoms.